The van der Waals surface area contributed by atoms with Crippen molar-refractivity contribution in [1.29, 1.82) is 5.26 Å². The summed E-state index contributed by atoms with van der Waals surface area (Å²) in [6.07, 6.45) is 1.72. The molecule has 1 N–H and O–H groups in total. The van der Waals surface area contributed by atoms with E-state index >= 15 is 0 Å². The lowest BCUT2D eigenvalue weighted by Crippen LogP contribution is -2.10. The number of esters is 1. The molecule has 0 amide bonds. The Balaban J connectivity index is 3.15. The molecule has 0 aliphatic heterocycles. The van der Waals surface area contributed by atoms with Crippen molar-refractivity contribution < 1.29 is 13.9 Å². The predicted octanol–water partition coefficient (Wildman–Crippen LogP) is 2.82. The molecule has 0 bridgehead atoms. The van der Waals surface area contributed by atoms with E-state index < -0.39 is 5.97 Å². The number of thioether (sulfide) groups is 1. The summed E-state index contributed by atoms with van der Waals surface area (Å²) in [7, 11) is 1.21. The third-order valence-electron chi connectivity index (χ3n) is 2.37. The smallest absolute Gasteiger partial charge is 0.351 e. The topological polar surface area (TPSA) is 62.1 Å². The molecule has 1 aromatic rings. The zero-order valence-corrected chi connectivity index (χ0v) is 11.6. The average molecular weight is 280 g/mol. The lowest BCUT2D eigenvalue weighted by Gasteiger charge is -2.12. The summed E-state index contributed by atoms with van der Waals surface area (Å²) in [6, 6.07) is 6.02. The van der Waals surface area contributed by atoms with Crippen LogP contribution in [0.2, 0.25) is 0 Å². The van der Waals surface area contributed by atoms with Gasteiger partial charge in [-0.2, -0.15) is 5.26 Å². The van der Waals surface area contributed by atoms with Crippen LogP contribution in [0.25, 0.3) is 0 Å². The maximum atomic E-state index is 13.0. The fourth-order valence-electron chi connectivity index (χ4n) is 1.40. The van der Waals surface area contributed by atoms with Gasteiger partial charge in [0.25, 0.3) is 0 Å². The van der Waals surface area contributed by atoms with Crippen LogP contribution in [-0.2, 0) is 9.53 Å². The molecule has 1 rings (SSSR count). The predicted molar refractivity (Wildman–Crippen MR) is 72.9 cm³/mol. The van der Waals surface area contributed by atoms with E-state index in [2.05, 4.69) is 10.1 Å². The molecule has 0 unspecified atom stereocenters. The van der Waals surface area contributed by atoms with Crippen molar-refractivity contribution in [1.82, 2.24) is 0 Å². The molecule has 100 valence electrons. The Morgan fingerprint density at radius 2 is 2.21 bits per heavy atom. The van der Waals surface area contributed by atoms with Gasteiger partial charge in [-0.05, 0) is 36.9 Å². The first-order valence-electron chi connectivity index (χ1n) is 5.33. The SMILES string of the molecule is COC(=O)C(C#N)=C(Nc1ccc(F)cc1C)SC. The highest BCUT2D eigenvalue weighted by Gasteiger charge is 2.16. The molecule has 1 aromatic carbocycles. The number of benzene rings is 1. The molecule has 0 aromatic heterocycles. The molecule has 0 aliphatic rings. The van der Waals surface area contributed by atoms with Gasteiger partial charge in [0, 0.05) is 5.69 Å². The van der Waals surface area contributed by atoms with E-state index in [1.807, 2.05) is 0 Å². The van der Waals surface area contributed by atoms with Crippen LogP contribution in [-0.4, -0.2) is 19.3 Å². The Bertz CT molecular complexity index is 564. The number of aryl methyl sites for hydroxylation is 1. The number of nitrogens with one attached hydrogen (secondary N) is 1. The van der Waals surface area contributed by atoms with Crippen LogP contribution in [0.3, 0.4) is 0 Å². The molecule has 4 nitrogen and oxygen atoms in total. The van der Waals surface area contributed by atoms with Gasteiger partial charge in [0.15, 0.2) is 5.57 Å². The Morgan fingerprint density at radius 3 is 2.68 bits per heavy atom. The van der Waals surface area contributed by atoms with Crippen LogP contribution in [0.1, 0.15) is 5.56 Å². The summed E-state index contributed by atoms with van der Waals surface area (Å²) in [6.45, 7) is 1.73. The highest BCUT2D eigenvalue weighted by Crippen LogP contribution is 2.24. The summed E-state index contributed by atoms with van der Waals surface area (Å²) >= 11 is 1.21. The number of nitriles is 1. The number of hydrogen-bond acceptors (Lipinski definition) is 5. The van der Waals surface area contributed by atoms with Gasteiger partial charge in [-0.25, -0.2) is 9.18 Å². The summed E-state index contributed by atoms with van der Waals surface area (Å²) in [5.41, 5.74) is 1.19. The Hall–Kier alpha value is -2.00. The zero-order chi connectivity index (χ0) is 14.4. The van der Waals surface area contributed by atoms with Gasteiger partial charge in [0.05, 0.1) is 12.1 Å². The number of methoxy groups -OCH3 is 1. The second-order valence-corrected chi connectivity index (χ2v) is 4.41. The van der Waals surface area contributed by atoms with Crippen LogP contribution in [0.4, 0.5) is 10.1 Å². The minimum absolute atomic E-state index is 0.112. The standard InChI is InChI=1S/C13H13FN2O2S/c1-8-6-9(14)4-5-11(8)16-12(19-3)10(7-15)13(17)18-2/h4-6,16H,1-3H3. The van der Waals surface area contributed by atoms with E-state index in [0.29, 0.717) is 16.3 Å². The van der Waals surface area contributed by atoms with Crippen molar-refractivity contribution in [3.63, 3.8) is 0 Å². The van der Waals surface area contributed by atoms with Gasteiger partial charge in [-0.1, -0.05) is 0 Å². The Kier molecular flexibility index (Phi) is 5.39. The first-order valence-corrected chi connectivity index (χ1v) is 6.55. The maximum Gasteiger partial charge on any atom is 0.351 e. The van der Waals surface area contributed by atoms with E-state index in [1.54, 1.807) is 25.3 Å². The van der Waals surface area contributed by atoms with Gasteiger partial charge < -0.3 is 10.1 Å². The van der Waals surface area contributed by atoms with E-state index in [0.717, 1.165) is 0 Å². The van der Waals surface area contributed by atoms with Crippen molar-refractivity contribution in [3.8, 4) is 6.07 Å². The van der Waals surface area contributed by atoms with Crippen LogP contribution in [0, 0.1) is 24.1 Å². The zero-order valence-electron chi connectivity index (χ0n) is 10.8. The van der Waals surface area contributed by atoms with Gasteiger partial charge >= 0.3 is 5.97 Å². The van der Waals surface area contributed by atoms with Crippen molar-refractivity contribution in [2.45, 2.75) is 6.92 Å². The van der Waals surface area contributed by atoms with Gasteiger partial charge in [-0.15, -0.1) is 11.8 Å². The molecule has 0 spiro atoms. The minimum atomic E-state index is -0.709. The fourth-order valence-corrected chi connectivity index (χ4v) is 1.94. The summed E-state index contributed by atoms with van der Waals surface area (Å²) in [4.78, 5) is 11.5. The van der Waals surface area contributed by atoms with E-state index in [9.17, 15) is 9.18 Å². The van der Waals surface area contributed by atoms with Gasteiger partial charge in [0.1, 0.15) is 11.9 Å². The molecule has 6 heteroatoms. The number of halogens is 1. The number of carbonyl (C=O) groups excluding carboxylic acids is 1. The van der Waals surface area contributed by atoms with Gasteiger partial charge in [0.2, 0.25) is 0 Å². The molecule has 0 saturated heterocycles. The second kappa shape index (κ2) is 6.81. The molecule has 0 heterocycles. The van der Waals surface area contributed by atoms with E-state index in [-0.39, 0.29) is 11.4 Å². The van der Waals surface area contributed by atoms with E-state index in [4.69, 9.17) is 5.26 Å². The molecule has 0 atom stereocenters. The molecule has 0 saturated carbocycles. The second-order valence-electron chi connectivity index (χ2n) is 3.60. The number of hydrogen-bond donors (Lipinski definition) is 1. The molecule has 0 fully saturated rings. The monoisotopic (exact) mass is 280 g/mol. The van der Waals surface area contributed by atoms with Crippen molar-refractivity contribution in [2.24, 2.45) is 0 Å². The number of carbonyl (C=O) groups is 1. The first-order chi connectivity index (χ1) is 9.03. The Morgan fingerprint density at radius 1 is 1.53 bits per heavy atom. The number of nitrogens with zero attached hydrogens (tertiary/aromatic N) is 1. The van der Waals surface area contributed by atoms with Crippen LogP contribution in [0.5, 0.6) is 0 Å². The number of ether oxygens (including phenoxy) is 1. The third-order valence-corrected chi connectivity index (χ3v) is 3.08. The number of rotatable bonds is 4. The quantitative estimate of drug-likeness (QED) is 0.522. The summed E-state index contributed by atoms with van der Waals surface area (Å²) in [5.74, 6) is -1.05. The highest BCUT2D eigenvalue weighted by molar-refractivity contribution is 8.02. The van der Waals surface area contributed by atoms with Crippen molar-refractivity contribution in [3.05, 3.63) is 40.2 Å². The lowest BCUT2D eigenvalue weighted by molar-refractivity contribution is -0.135. The van der Waals surface area contributed by atoms with Crippen LogP contribution < -0.4 is 5.32 Å². The lowest BCUT2D eigenvalue weighted by atomic mass is 10.2. The summed E-state index contributed by atoms with van der Waals surface area (Å²) < 4.78 is 17.5. The van der Waals surface area contributed by atoms with Crippen LogP contribution in [0.15, 0.2) is 28.8 Å². The molecular weight excluding hydrogens is 267 g/mol. The molecular formula is C13H13FN2O2S. The van der Waals surface area contributed by atoms with Gasteiger partial charge in [-0.3, -0.25) is 0 Å². The molecule has 0 radical (unpaired) electrons. The fraction of sp³-hybridized carbons (Fsp3) is 0.231. The van der Waals surface area contributed by atoms with E-state index in [1.165, 1.54) is 31.0 Å². The minimum Gasteiger partial charge on any atom is -0.465 e. The normalized spacial score (nSPS) is 11.3. The Labute approximate surface area is 115 Å². The molecule has 0 aliphatic carbocycles. The first kappa shape index (κ1) is 15.1. The average Bonchev–Trinajstić information content (AvgIpc) is 2.40. The van der Waals surface area contributed by atoms with Crippen molar-refractivity contribution >= 4 is 23.4 Å². The highest BCUT2D eigenvalue weighted by atomic mass is 32.2. The van der Waals surface area contributed by atoms with Crippen molar-refractivity contribution in [2.75, 3.05) is 18.7 Å². The number of anilines is 1. The summed E-state index contributed by atoms with van der Waals surface area (Å²) in [5, 5.41) is 12.3. The largest absolute Gasteiger partial charge is 0.465 e. The maximum absolute atomic E-state index is 13.0. The molecule has 19 heavy (non-hydrogen) atoms. The third kappa shape index (κ3) is 3.73. The van der Waals surface area contributed by atoms with Crippen LogP contribution >= 0.6 is 11.8 Å².